The maximum Gasteiger partial charge on any atom is 0.163 e. The molecule has 0 unspecified atom stereocenters. The van der Waals surface area contributed by atoms with Crippen molar-refractivity contribution in [2.45, 2.75) is 32.6 Å². The van der Waals surface area contributed by atoms with Gasteiger partial charge >= 0.3 is 0 Å². The summed E-state index contributed by atoms with van der Waals surface area (Å²) in [7, 11) is 0. The van der Waals surface area contributed by atoms with Crippen molar-refractivity contribution in [3.63, 3.8) is 0 Å². The smallest absolute Gasteiger partial charge is 0.163 e. The summed E-state index contributed by atoms with van der Waals surface area (Å²) in [5, 5.41) is 0. The zero-order chi connectivity index (χ0) is 15.1. The summed E-state index contributed by atoms with van der Waals surface area (Å²) in [6.07, 6.45) is 1.26. The summed E-state index contributed by atoms with van der Waals surface area (Å²) in [5.74, 6) is 1.55. The lowest BCUT2D eigenvalue weighted by Gasteiger charge is -2.09. The van der Waals surface area contributed by atoms with Crippen LogP contribution in [0.4, 0.5) is 0 Å². The van der Waals surface area contributed by atoms with E-state index in [1.807, 2.05) is 42.5 Å². The Morgan fingerprint density at radius 1 is 1.05 bits per heavy atom. The minimum atomic E-state index is 0.176. The van der Waals surface area contributed by atoms with Crippen molar-refractivity contribution in [3.05, 3.63) is 65.7 Å². The highest BCUT2D eigenvalue weighted by atomic mass is 16.5. The van der Waals surface area contributed by atoms with Gasteiger partial charge in [-0.15, -0.1) is 0 Å². The Kier molecular flexibility index (Phi) is 5.56. The number of Topliss-reactive ketones (excluding diaryl/α,β-unsaturated/α-hetero) is 1. The summed E-state index contributed by atoms with van der Waals surface area (Å²) in [6, 6.07) is 17.6. The minimum absolute atomic E-state index is 0.176. The molecule has 0 saturated carbocycles. The monoisotopic (exact) mass is 282 g/mol. The highest BCUT2D eigenvalue weighted by molar-refractivity contribution is 5.95. The van der Waals surface area contributed by atoms with Gasteiger partial charge < -0.3 is 4.74 Å². The molecule has 0 bridgehead atoms. The first-order chi connectivity index (χ1) is 10.2. The normalized spacial score (nSPS) is 10.6. The fourth-order valence-corrected chi connectivity index (χ4v) is 2.15. The molecule has 2 rings (SSSR count). The molecule has 0 fully saturated rings. The van der Waals surface area contributed by atoms with Gasteiger partial charge in [0.05, 0.1) is 6.61 Å². The highest BCUT2D eigenvalue weighted by Gasteiger charge is 2.05. The van der Waals surface area contributed by atoms with Crippen LogP contribution in [0.3, 0.4) is 0 Å². The number of carbonyl (C=O) groups is 1. The quantitative estimate of drug-likeness (QED) is 0.536. The minimum Gasteiger partial charge on any atom is -0.494 e. The molecule has 2 aromatic rings. The molecule has 0 heterocycles. The van der Waals surface area contributed by atoms with Crippen LogP contribution in [0.5, 0.6) is 5.75 Å². The first kappa shape index (κ1) is 15.3. The topological polar surface area (TPSA) is 26.3 Å². The number of benzene rings is 2. The fourth-order valence-electron chi connectivity index (χ4n) is 2.15. The van der Waals surface area contributed by atoms with E-state index in [0.29, 0.717) is 18.9 Å². The van der Waals surface area contributed by atoms with Crippen molar-refractivity contribution < 1.29 is 9.53 Å². The van der Waals surface area contributed by atoms with Crippen LogP contribution in [0.25, 0.3) is 0 Å². The molecular formula is C19H22O2. The van der Waals surface area contributed by atoms with E-state index in [1.165, 1.54) is 5.56 Å². The standard InChI is InChI=1S/C19H22O2/c1-15(2)17-10-6-11-18(14-17)21-13-7-12-19(20)16-8-4-3-5-9-16/h3-6,8-11,14-15H,7,12-13H2,1-2H3. The average Bonchev–Trinajstić information content (AvgIpc) is 2.52. The third-order valence-corrected chi connectivity index (χ3v) is 3.44. The Morgan fingerprint density at radius 3 is 2.52 bits per heavy atom. The zero-order valence-electron chi connectivity index (χ0n) is 12.7. The summed E-state index contributed by atoms with van der Waals surface area (Å²) >= 11 is 0. The lowest BCUT2D eigenvalue weighted by molar-refractivity contribution is 0.0973. The van der Waals surface area contributed by atoms with Crippen LogP contribution in [0.1, 0.15) is 48.5 Å². The molecule has 2 aromatic carbocycles. The molecule has 110 valence electrons. The summed E-state index contributed by atoms with van der Waals surface area (Å²) in [6.45, 7) is 4.90. The van der Waals surface area contributed by atoms with Gasteiger partial charge in [0.2, 0.25) is 0 Å². The molecule has 2 heteroatoms. The first-order valence-electron chi connectivity index (χ1n) is 7.48. The van der Waals surface area contributed by atoms with E-state index in [4.69, 9.17) is 4.74 Å². The van der Waals surface area contributed by atoms with Crippen LogP contribution >= 0.6 is 0 Å². The van der Waals surface area contributed by atoms with E-state index in [1.54, 1.807) is 0 Å². The number of hydrogen-bond acceptors (Lipinski definition) is 2. The molecule has 0 aromatic heterocycles. The third-order valence-electron chi connectivity index (χ3n) is 3.44. The van der Waals surface area contributed by atoms with Crippen LogP contribution < -0.4 is 4.74 Å². The Hall–Kier alpha value is -2.09. The van der Waals surface area contributed by atoms with Crippen molar-refractivity contribution in [2.24, 2.45) is 0 Å². The molecule has 21 heavy (non-hydrogen) atoms. The fraction of sp³-hybridized carbons (Fsp3) is 0.316. The van der Waals surface area contributed by atoms with Crippen molar-refractivity contribution in [1.82, 2.24) is 0 Å². The molecule has 0 spiro atoms. The molecule has 0 amide bonds. The molecule has 0 N–H and O–H groups in total. The van der Waals surface area contributed by atoms with E-state index in [9.17, 15) is 4.79 Å². The van der Waals surface area contributed by atoms with E-state index >= 15 is 0 Å². The zero-order valence-corrected chi connectivity index (χ0v) is 12.7. The molecule has 0 radical (unpaired) electrons. The van der Waals surface area contributed by atoms with Gasteiger partial charge in [0.25, 0.3) is 0 Å². The number of carbonyl (C=O) groups excluding carboxylic acids is 1. The van der Waals surface area contributed by atoms with Crippen molar-refractivity contribution >= 4 is 5.78 Å². The van der Waals surface area contributed by atoms with Crippen LogP contribution in [0, 0.1) is 0 Å². The Bertz CT molecular complexity index is 573. The van der Waals surface area contributed by atoms with Gasteiger partial charge in [-0.1, -0.05) is 56.3 Å². The number of hydrogen-bond donors (Lipinski definition) is 0. The van der Waals surface area contributed by atoms with Gasteiger partial charge in [-0.3, -0.25) is 4.79 Å². The van der Waals surface area contributed by atoms with Gasteiger partial charge in [0.1, 0.15) is 5.75 Å². The largest absolute Gasteiger partial charge is 0.494 e. The van der Waals surface area contributed by atoms with Crippen molar-refractivity contribution in [1.29, 1.82) is 0 Å². The maximum atomic E-state index is 11.9. The third kappa shape index (κ3) is 4.75. The van der Waals surface area contributed by atoms with Crippen LogP contribution in [0.15, 0.2) is 54.6 Å². The Balaban J connectivity index is 1.77. The number of ketones is 1. The molecule has 0 atom stereocenters. The molecule has 0 aliphatic rings. The van der Waals surface area contributed by atoms with Gasteiger partial charge in [0, 0.05) is 12.0 Å². The number of rotatable bonds is 7. The molecule has 0 aliphatic heterocycles. The second kappa shape index (κ2) is 7.63. The SMILES string of the molecule is CC(C)c1cccc(OCCCC(=O)c2ccccc2)c1. The Morgan fingerprint density at radius 2 is 1.81 bits per heavy atom. The lowest BCUT2D eigenvalue weighted by Crippen LogP contribution is -2.04. The molecule has 2 nitrogen and oxygen atoms in total. The van der Waals surface area contributed by atoms with Crippen LogP contribution in [0.2, 0.25) is 0 Å². The van der Waals surface area contributed by atoms with Gasteiger partial charge in [-0.25, -0.2) is 0 Å². The van der Waals surface area contributed by atoms with Gasteiger partial charge in [-0.05, 0) is 30.0 Å². The summed E-state index contributed by atoms with van der Waals surface area (Å²) in [5.41, 5.74) is 2.05. The molecular weight excluding hydrogens is 260 g/mol. The van der Waals surface area contributed by atoms with Crippen LogP contribution in [-0.4, -0.2) is 12.4 Å². The van der Waals surface area contributed by atoms with E-state index in [2.05, 4.69) is 26.0 Å². The first-order valence-corrected chi connectivity index (χ1v) is 7.48. The lowest BCUT2D eigenvalue weighted by atomic mass is 10.0. The van der Waals surface area contributed by atoms with Crippen LogP contribution in [-0.2, 0) is 0 Å². The summed E-state index contributed by atoms with van der Waals surface area (Å²) in [4.78, 5) is 11.9. The maximum absolute atomic E-state index is 11.9. The highest BCUT2D eigenvalue weighted by Crippen LogP contribution is 2.20. The summed E-state index contributed by atoms with van der Waals surface area (Å²) < 4.78 is 5.73. The average molecular weight is 282 g/mol. The second-order valence-electron chi connectivity index (χ2n) is 5.47. The molecule has 0 saturated heterocycles. The van der Waals surface area contributed by atoms with Crippen molar-refractivity contribution in [2.75, 3.05) is 6.61 Å². The Labute approximate surface area is 126 Å². The predicted octanol–water partition coefficient (Wildman–Crippen LogP) is 4.85. The van der Waals surface area contributed by atoms with Gasteiger partial charge in [-0.2, -0.15) is 0 Å². The van der Waals surface area contributed by atoms with Gasteiger partial charge in [0.15, 0.2) is 5.78 Å². The predicted molar refractivity (Wildman–Crippen MR) is 86.0 cm³/mol. The van der Waals surface area contributed by atoms with E-state index in [0.717, 1.165) is 17.7 Å². The van der Waals surface area contributed by atoms with E-state index < -0.39 is 0 Å². The molecule has 0 aliphatic carbocycles. The van der Waals surface area contributed by atoms with E-state index in [-0.39, 0.29) is 5.78 Å². The number of ether oxygens (including phenoxy) is 1. The second-order valence-corrected chi connectivity index (χ2v) is 5.47. The van der Waals surface area contributed by atoms with Crippen molar-refractivity contribution in [3.8, 4) is 5.75 Å².